The van der Waals surface area contributed by atoms with Crippen LogP contribution in [0.2, 0.25) is 0 Å². The largest absolute Gasteiger partial charge is 0.467 e. The van der Waals surface area contributed by atoms with Crippen LogP contribution in [0.5, 0.6) is 0 Å². The van der Waals surface area contributed by atoms with Crippen molar-refractivity contribution in [3.63, 3.8) is 0 Å². The fourth-order valence-electron chi connectivity index (χ4n) is 3.49. The summed E-state index contributed by atoms with van der Waals surface area (Å²) in [4.78, 5) is 28.8. The summed E-state index contributed by atoms with van der Waals surface area (Å²) in [6.07, 6.45) is 1.55. The summed E-state index contributed by atoms with van der Waals surface area (Å²) in [6, 6.07) is 13.5. The Morgan fingerprint density at radius 1 is 1.19 bits per heavy atom. The second-order valence-corrected chi connectivity index (χ2v) is 10.8. The molecule has 0 radical (unpaired) electrons. The van der Waals surface area contributed by atoms with E-state index in [1.165, 1.54) is 12.1 Å². The summed E-state index contributed by atoms with van der Waals surface area (Å²) in [5, 5.41) is 2.61. The summed E-state index contributed by atoms with van der Waals surface area (Å²) < 4.78 is 32.6. The molecule has 1 aliphatic heterocycles. The molecule has 1 fully saturated rings. The zero-order chi connectivity index (χ0) is 22.7. The monoisotopic (exact) mass is 473 g/mol. The van der Waals surface area contributed by atoms with Gasteiger partial charge in [-0.05, 0) is 49.4 Å². The van der Waals surface area contributed by atoms with Gasteiger partial charge in [0, 0.05) is 28.4 Å². The molecule has 0 spiro atoms. The fraction of sp³-hybridized carbons (Fsp3) is 0.273. The number of benzene rings is 1. The zero-order valence-corrected chi connectivity index (χ0v) is 19.1. The van der Waals surface area contributed by atoms with Gasteiger partial charge < -0.3 is 14.6 Å². The molecule has 2 amide bonds. The molecule has 10 heteroatoms. The Bertz CT molecular complexity index is 1220. The highest BCUT2D eigenvalue weighted by molar-refractivity contribution is 7.89. The molecule has 168 valence electrons. The lowest BCUT2D eigenvalue weighted by Crippen LogP contribution is -2.49. The number of furan rings is 1. The molecular formula is C22H23N3O5S2. The number of nitrogens with one attached hydrogen (secondary N) is 1. The topological polar surface area (TPSA) is 99.9 Å². The van der Waals surface area contributed by atoms with Crippen LogP contribution in [0, 0.1) is 6.92 Å². The van der Waals surface area contributed by atoms with Crippen molar-refractivity contribution in [3.8, 4) is 0 Å². The molecule has 32 heavy (non-hydrogen) atoms. The van der Waals surface area contributed by atoms with Crippen LogP contribution >= 0.6 is 11.3 Å². The summed E-state index contributed by atoms with van der Waals surface area (Å²) in [6.45, 7) is 2.85. The highest BCUT2D eigenvalue weighted by Crippen LogP contribution is 2.23. The normalized spacial score (nSPS) is 14.8. The number of hydrogen-bond acceptors (Lipinski definition) is 6. The molecule has 0 saturated carbocycles. The number of piperazine rings is 1. The van der Waals surface area contributed by atoms with E-state index in [-0.39, 0.29) is 48.5 Å². The van der Waals surface area contributed by atoms with Crippen LogP contribution in [0.4, 0.5) is 0 Å². The van der Waals surface area contributed by atoms with Crippen LogP contribution in [0.25, 0.3) is 0 Å². The van der Waals surface area contributed by atoms with E-state index in [1.807, 2.05) is 19.1 Å². The lowest BCUT2D eigenvalue weighted by atomic mass is 10.2. The van der Waals surface area contributed by atoms with E-state index in [9.17, 15) is 18.0 Å². The minimum Gasteiger partial charge on any atom is -0.467 e. The second kappa shape index (κ2) is 9.27. The van der Waals surface area contributed by atoms with Gasteiger partial charge in [0.15, 0.2) is 0 Å². The molecule has 3 heterocycles. The first-order chi connectivity index (χ1) is 15.3. The second-order valence-electron chi connectivity index (χ2n) is 7.47. The summed E-state index contributed by atoms with van der Waals surface area (Å²) >= 11 is 1.60. The van der Waals surface area contributed by atoms with Crippen molar-refractivity contribution in [1.82, 2.24) is 14.5 Å². The van der Waals surface area contributed by atoms with Crippen molar-refractivity contribution in [2.24, 2.45) is 0 Å². The van der Waals surface area contributed by atoms with Crippen molar-refractivity contribution >= 4 is 33.2 Å². The zero-order valence-electron chi connectivity index (χ0n) is 17.5. The van der Waals surface area contributed by atoms with Crippen LogP contribution in [0.1, 0.15) is 25.9 Å². The maximum Gasteiger partial charge on any atom is 0.254 e. The first-order valence-corrected chi connectivity index (χ1v) is 12.3. The van der Waals surface area contributed by atoms with Gasteiger partial charge in [-0.15, -0.1) is 11.3 Å². The molecule has 4 rings (SSSR count). The quantitative estimate of drug-likeness (QED) is 0.569. The van der Waals surface area contributed by atoms with Gasteiger partial charge in [0.1, 0.15) is 5.76 Å². The standard InChI is InChI=1S/C22H23N3O5S2/c1-16-7-8-19(31-16)14-24(13-18-5-3-11-30-18)22(27)17-4-2-6-20(12-17)32(28,29)25-10-9-23-21(26)15-25/h2-8,11-12H,9-10,13-15H2,1H3,(H,23,26). The number of thiophene rings is 1. The maximum atomic E-state index is 13.4. The molecule has 8 nitrogen and oxygen atoms in total. The predicted octanol–water partition coefficient (Wildman–Crippen LogP) is 2.61. The first-order valence-electron chi connectivity index (χ1n) is 10.1. The third-order valence-electron chi connectivity index (χ3n) is 5.08. The van der Waals surface area contributed by atoms with E-state index in [0.717, 1.165) is 14.1 Å². The molecule has 0 aliphatic carbocycles. The Morgan fingerprint density at radius 3 is 2.72 bits per heavy atom. The van der Waals surface area contributed by atoms with E-state index >= 15 is 0 Å². The van der Waals surface area contributed by atoms with Gasteiger partial charge in [-0.3, -0.25) is 9.59 Å². The van der Waals surface area contributed by atoms with E-state index in [0.29, 0.717) is 12.3 Å². The van der Waals surface area contributed by atoms with Crippen LogP contribution in [-0.4, -0.2) is 49.1 Å². The maximum absolute atomic E-state index is 13.4. The third-order valence-corrected chi connectivity index (χ3v) is 7.91. The van der Waals surface area contributed by atoms with E-state index in [4.69, 9.17) is 4.42 Å². The van der Waals surface area contributed by atoms with Crippen LogP contribution in [0.3, 0.4) is 0 Å². The minimum absolute atomic E-state index is 0.0111. The lowest BCUT2D eigenvalue weighted by molar-refractivity contribution is -0.122. The van der Waals surface area contributed by atoms with E-state index < -0.39 is 10.0 Å². The Balaban J connectivity index is 1.61. The Kier molecular flexibility index (Phi) is 6.45. The number of amides is 2. The van der Waals surface area contributed by atoms with Gasteiger partial charge in [-0.25, -0.2) is 8.42 Å². The predicted molar refractivity (Wildman–Crippen MR) is 120 cm³/mol. The van der Waals surface area contributed by atoms with Crippen molar-refractivity contribution in [3.05, 3.63) is 75.9 Å². The number of nitrogens with zero attached hydrogens (tertiary/aromatic N) is 2. The van der Waals surface area contributed by atoms with Gasteiger partial charge in [0.25, 0.3) is 5.91 Å². The number of hydrogen-bond donors (Lipinski definition) is 1. The molecule has 3 aromatic rings. The summed E-state index contributed by atoms with van der Waals surface area (Å²) in [7, 11) is -3.90. The van der Waals surface area contributed by atoms with Crippen LogP contribution in [-0.2, 0) is 27.9 Å². The van der Waals surface area contributed by atoms with Crippen molar-refractivity contribution < 1.29 is 22.4 Å². The smallest absolute Gasteiger partial charge is 0.254 e. The van der Waals surface area contributed by atoms with Gasteiger partial charge in [-0.2, -0.15) is 4.31 Å². The number of aryl methyl sites for hydroxylation is 1. The highest BCUT2D eigenvalue weighted by Gasteiger charge is 2.30. The summed E-state index contributed by atoms with van der Waals surface area (Å²) in [5.74, 6) is -0.0152. The van der Waals surface area contributed by atoms with Gasteiger partial charge >= 0.3 is 0 Å². The molecule has 1 aromatic carbocycles. The average molecular weight is 474 g/mol. The lowest BCUT2D eigenvalue weighted by Gasteiger charge is -2.26. The van der Waals surface area contributed by atoms with Gasteiger partial charge in [-0.1, -0.05) is 6.07 Å². The molecular weight excluding hydrogens is 450 g/mol. The SMILES string of the molecule is Cc1ccc(CN(Cc2ccco2)C(=O)c2cccc(S(=O)(=O)N3CCNC(=O)C3)c2)s1. The van der Waals surface area contributed by atoms with Gasteiger partial charge in [0.2, 0.25) is 15.9 Å². The van der Waals surface area contributed by atoms with Crippen molar-refractivity contribution in [2.75, 3.05) is 19.6 Å². The molecule has 0 bridgehead atoms. The molecule has 2 aromatic heterocycles. The minimum atomic E-state index is -3.90. The van der Waals surface area contributed by atoms with Crippen LogP contribution < -0.4 is 5.32 Å². The molecule has 1 aliphatic rings. The Morgan fingerprint density at radius 2 is 2.03 bits per heavy atom. The number of carbonyl (C=O) groups excluding carboxylic acids is 2. The molecule has 0 unspecified atom stereocenters. The molecule has 1 saturated heterocycles. The average Bonchev–Trinajstić information content (AvgIpc) is 3.44. The highest BCUT2D eigenvalue weighted by atomic mass is 32.2. The van der Waals surface area contributed by atoms with Crippen molar-refractivity contribution in [2.45, 2.75) is 24.9 Å². The van der Waals surface area contributed by atoms with E-state index in [1.54, 1.807) is 46.8 Å². The fourth-order valence-corrected chi connectivity index (χ4v) is 5.84. The number of sulfonamides is 1. The van der Waals surface area contributed by atoms with Crippen molar-refractivity contribution in [1.29, 1.82) is 0 Å². The van der Waals surface area contributed by atoms with Crippen LogP contribution in [0.15, 0.2) is 64.1 Å². The first kappa shape index (κ1) is 22.3. The molecule has 0 atom stereocenters. The number of carbonyl (C=O) groups is 2. The van der Waals surface area contributed by atoms with E-state index in [2.05, 4.69) is 5.32 Å². The van der Waals surface area contributed by atoms with Gasteiger partial charge in [0.05, 0.1) is 30.8 Å². The number of rotatable bonds is 7. The summed E-state index contributed by atoms with van der Waals surface area (Å²) in [5.41, 5.74) is 0.257. The Labute approximate surface area is 190 Å². The molecule has 1 N–H and O–H groups in total. The Hall–Kier alpha value is -2.95. The third kappa shape index (κ3) is 4.93.